The molecule has 0 radical (unpaired) electrons. The van der Waals surface area contributed by atoms with Crippen LogP contribution >= 0.6 is 0 Å². The van der Waals surface area contributed by atoms with Gasteiger partial charge >= 0.3 is 5.97 Å². The molecule has 1 aliphatic carbocycles. The number of hydrogen-bond donors (Lipinski definition) is 0. The topological polar surface area (TPSA) is 35.5 Å². The molecule has 1 saturated heterocycles. The lowest BCUT2D eigenvalue weighted by molar-refractivity contribution is -0.161. The van der Waals surface area contributed by atoms with E-state index in [-0.39, 0.29) is 24.1 Å². The van der Waals surface area contributed by atoms with E-state index in [1.54, 1.807) is 0 Å². The van der Waals surface area contributed by atoms with E-state index in [9.17, 15) is 4.79 Å². The predicted molar refractivity (Wildman–Crippen MR) is 71.6 cm³/mol. The third-order valence-electron chi connectivity index (χ3n) is 4.61. The van der Waals surface area contributed by atoms with Gasteiger partial charge in [0.15, 0.2) is 0 Å². The van der Waals surface area contributed by atoms with Gasteiger partial charge in [0.05, 0.1) is 25.2 Å². The zero-order chi connectivity index (χ0) is 13.6. The second-order valence-corrected chi connectivity index (χ2v) is 5.73. The summed E-state index contributed by atoms with van der Waals surface area (Å²) in [5.41, 5.74) is 2.29. The fraction of sp³-hybridized carbons (Fsp3) is 0.562. The highest BCUT2D eigenvalue weighted by molar-refractivity contribution is 5.74. The van der Waals surface area contributed by atoms with E-state index in [0.717, 1.165) is 12.0 Å². The summed E-state index contributed by atoms with van der Waals surface area (Å²) in [7, 11) is 1.46. The van der Waals surface area contributed by atoms with Crippen LogP contribution in [0, 0.1) is 24.7 Å². The molecule has 102 valence electrons. The maximum Gasteiger partial charge on any atom is 0.311 e. The second kappa shape index (κ2) is 4.64. The molecule has 2 fully saturated rings. The first-order chi connectivity index (χ1) is 9.13. The molecule has 1 aliphatic heterocycles. The molecular weight excluding hydrogens is 240 g/mol. The van der Waals surface area contributed by atoms with Gasteiger partial charge in [-0.25, -0.2) is 0 Å². The summed E-state index contributed by atoms with van der Waals surface area (Å²) < 4.78 is 11.1. The third-order valence-corrected chi connectivity index (χ3v) is 4.61. The number of hydrogen-bond acceptors (Lipinski definition) is 3. The SMILES string of the molecule is COC(=O)C1C(c2ccccc2C)OC(C)C2CC21. The van der Waals surface area contributed by atoms with Crippen molar-refractivity contribution in [3.63, 3.8) is 0 Å². The summed E-state index contributed by atoms with van der Waals surface area (Å²) in [6.45, 7) is 4.18. The largest absolute Gasteiger partial charge is 0.469 e. The summed E-state index contributed by atoms with van der Waals surface area (Å²) in [5, 5.41) is 0. The molecule has 1 heterocycles. The van der Waals surface area contributed by atoms with E-state index < -0.39 is 0 Å². The normalized spacial score (nSPS) is 36.5. The fourth-order valence-electron chi connectivity index (χ4n) is 3.44. The smallest absolute Gasteiger partial charge is 0.311 e. The molecule has 3 nitrogen and oxygen atoms in total. The Hall–Kier alpha value is -1.35. The standard InChI is InChI=1S/C16H20O3/c1-9-6-4-5-7-11(9)15-14(16(17)18-3)13-8-12(13)10(2)19-15/h4-7,10,12-15H,8H2,1-3H3. The summed E-state index contributed by atoms with van der Waals surface area (Å²) in [4.78, 5) is 12.1. The first-order valence-electron chi connectivity index (χ1n) is 6.92. The average molecular weight is 260 g/mol. The minimum atomic E-state index is -0.160. The van der Waals surface area contributed by atoms with Crippen molar-refractivity contribution in [2.75, 3.05) is 7.11 Å². The zero-order valence-electron chi connectivity index (χ0n) is 11.6. The number of methoxy groups -OCH3 is 1. The molecule has 5 unspecified atom stereocenters. The summed E-state index contributed by atoms with van der Waals surface area (Å²) >= 11 is 0. The second-order valence-electron chi connectivity index (χ2n) is 5.73. The van der Waals surface area contributed by atoms with Gasteiger partial charge in [0.2, 0.25) is 0 Å². The van der Waals surface area contributed by atoms with Crippen LogP contribution < -0.4 is 0 Å². The molecule has 1 saturated carbocycles. The quantitative estimate of drug-likeness (QED) is 0.767. The van der Waals surface area contributed by atoms with Crippen LogP contribution in [-0.2, 0) is 14.3 Å². The van der Waals surface area contributed by atoms with Crippen LogP contribution in [0.2, 0.25) is 0 Å². The number of fused-ring (bicyclic) bond motifs is 1. The minimum absolute atomic E-state index is 0.132. The van der Waals surface area contributed by atoms with Crippen molar-refractivity contribution >= 4 is 5.97 Å². The molecule has 0 amide bonds. The van der Waals surface area contributed by atoms with Crippen molar-refractivity contribution in [1.29, 1.82) is 0 Å². The van der Waals surface area contributed by atoms with E-state index in [1.165, 1.54) is 12.7 Å². The van der Waals surface area contributed by atoms with Gasteiger partial charge in [0.1, 0.15) is 0 Å². The van der Waals surface area contributed by atoms with Crippen molar-refractivity contribution < 1.29 is 14.3 Å². The van der Waals surface area contributed by atoms with Crippen molar-refractivity contribution in [2.45, 2.75) is 32.5 Å². The summed E-state index contributed by atoms with van der Waals surface area (Å²) in [6, 6.07) is 8.14. The maximum atomic E-state index is 12.1. The number of esters is 1. The molecule has 2 aliphatic rings. The molecule has 1 aromatic carbocycles. The Kier molecular flexibility index (Phi) is 3.09. The van der Waals surface area contributed by atoms with Crippen molar-refractivity contribution in [2.24, 2.45) is 17.8 Å². The molecule has 0 N–H and O–H groups in total. The van der Waals surface area contributed by atoms with Gasteiger partial charge in [-0.15, -0.1) is 0 Å². The van der Waals surface area contributed by atoms with Crippen LogP contribution in [0.1, 0.15) is 30.6 Å². The Morgan fingerprint density at radius 1 is 1.32 bits per heavy atom. The summed E-state index contributed by atoms with van der Waals surface area (Å²) in [6.07, 6.45) is 1.16. The Bertz CT molecular complexity index is 497. The van der Waals surface area contributed by atoms with Crippen LogP contribution in [0.4, 0.5) is 0 Å². The molecule has 3 rings (SSSR count). The van der Waals surface area contributed by atoms with Crippen LogP contribution in [0.15, 0.2) is 24.3 Å². The van der Waals surface area contributed by atoms with Crippen LogP contribution in [0.25, 0.3) is 0 Å². The Balaban J connectivity index is 1.96. The van der Waals surface area contributed by atoms with E-state index in [0.29, 0.717) is 11.8 Å². The van der Waals surface area contributed by atoms with Gasteiger partial charge in [-0.3, -0.25) is 4.79 Å². The van der Waals surface area contributed by atoms with Gasteiger partial charge in [-0.2, -0.15) is 0 Å². The molecule has 1 aromatic rings. The van der Waals surface area contributed by atoms with Crippen molar-refractivity contribution in [3.8, 4) is 0 Å². The first-order valence-corrected chi connectivity index (χ1v) is 6.92. The Labute approximate surface area is 113 Å². The van der Waals surface area contributed by atoms with Gasteiger partial charge in [-0.05, 0) is 43.2 Å². The lowest BCUT2D eigenvalue weighted by Crippen LogP contribution is -2.36. The number of aryl methyl sites for hydroxylation is 1. The summed E-state index contributed by atoms with van der Waals surface area (Å²) in [5.74, 6) is 0.685. The number of carbonyl (C=O) groups excluding carboxylic acids is 1. The van der Waals surface area contributed by atoms with Crippen molar-refractivity contribution in [1.82, 2.24) is 0 Å². The lowest BCUT2D eigenvalue weighted by Gasteiger charge is -2.34. The minimum Gasteiger partial charge on any atom is -0.469 e. The zero-order valence-corrected chi connectivity index (χ0v) is 11.6. The van der Waals surface area contributed by atoms with Gasteiger partial charge in [0, 0.05) is 0 Å². The molecule has 0 aromatic heterocycles. The monoisotopic (exact) mass is 260 g/mol. The average Bonchev–Trinajstić information content (AvgIpc) is 3.19. The fourth-order valence-corrected chi connectivity index (χ4v) is 3.44. The Morgan fingerprint density at radius 3 is 2.74 bits per heavy atom. The van der Waals surface area contributed by atoms with Crippen LogP contribution in [-0.4, -0.2) is 19.2 Å². The van der Waals surface area contributed by atoms with Crippen molar-refractivity contribution in [3.05, 3.63) is 35.4 Å². The molecule has 5 atom stereocenters. The number of carbonyl (C=O) groups is 1. The highest BCUT2D eigenvalue weighted by Gasteiger charge is 2.57. The van der Waals surface area contributed by atoms with E-state index in [2.05, 4.69) is 26.0 Å². The van der Waals surface area contributed by atoms with Crippen LogP contribution in [0.5, 0.6) is 0 Å². The van der Waals surface area contributed by atoms with Crippen LogP contribution in [0.3, 0.4) is 0 Å². The molecule has 0 bridgehead atoms. The molecule has 0 spiro atoms. The van der Waals surface area contributed by atoms with E-state index >= 15 is 0 Å². The number of ether oxygens (including phenoxy) is 2. The maximum absolute atomic E-state index is 12.1. The number of rotatable bonds is 2. The third kappa shape index (κ3) is 2.06. The lowest BCUT2D eigenvalue weighted by atomic mass is 9.85. The van der Waals surface area contributed by atoms with Gasteiger partial charge in [-0.1, -0.05) is 24.3 Å². The Morgan fingerprint density at radius 2 is 2.05 bits per heavy atom. The highest BCUT2D eigenvalue weighted by Crippen LogP contribution is 2.57. The highest BCUT2D eigenvalue weighted by atomic mass is 16.5. The van der Waals surface area contributed by atoms with E-state index in [1.807, 2.05) is 12.1 Å². The first kappa shape index (κ1) is 12.7. The van der Waals surface area contributed by atoms with Gasteiger partial charge < -0.3 is 9.47 Å². The van der Waals surface area contributed by atoms with E-state index in [4.69, 9.17) is 9.47 Å². The molecule has 3 heteroatoms. The molecule has 19 heavy (non-hydrogen) atoms. The number of benzene rings is 1. The molecular formula is C16H20O3. The predicted octanol–water partition coefficient (Wildman–Crippen LogP) is 2.88. The van der Waals surface area contributed by atoms with Gasteiger partial charge in [0.25, 0.3) is 0 Å².